The molecule has 7 nitrogen and oxygen atoms in total. The Morgan fingerprint density at radius 2 is 1.91 bits per heavy atom. The van der Waals surface area contributed by atoms with E-state index in [0.717, 1.165) is 18.2 Å². The molecule has 0 radical (unpaired) electrons. The van der Waals surface area contributed by atoms with Gasteiger partial charge in [-0.15, -0.1) is 0 Å². The summed E-state index contributed by atoms with van der Waals surface area (Å²) in [5.41, 5.74) is -0.374. The SMILES string of the molecule is C[C@@H](COC(=O)N1CCNC(=O)C1)[C@@H](c1cc(F)ccc1F)S(=O)(=O)c1ccc(Cl)cc1. The van der Waals surface area contributed by atoms with E-state index in [1.807, 2.05) is 0 Å². The number of hydrogen-bond acceptors (Lipinski definition) is 5. The Morgan fingerprint density at radius 3 is 2.56 bits per heavy atom. The maximum Gasteiger partial charge on any atom is 0.410 e. The molecule has 0 aliphatic carbocycles. The number of carbonyl (C=O) groups excluding carboxylic acids is 2. The molecule has 2 aromatic rings. The minimum atomic E-state index is -4.23. The molecular weight excluding hydrogens is 466 g/mol. The van der Waals surface area contributed by atoms with Gasteiger partial charge in [-0.1, -0.05) is 18.5 Å². The van der Waals surface area contributed by atoms with E-state index in [1.54, 1.807) is 0 Å². The number of sulfone groups is 1. The summed E-state index contributed by atoms with van der Waals surface area (Å²) in [6.45, 7) is 1.39. The van der Waals surface area contributed by atoms with Crippen molar-refractivity contribution < 1.29 is 31.5 Å². The highest BCUT2D eigenvalue weighted by atomic mass is 35.5. The number of nitrogens with zero attached hydrogens (tertiary/aromatic N) is 1. The average molecular weight is 487 g/mol. The lowest BCUT2D eigenvalue weighted by Crippen LogP contribution is -2.50. The second-order valence-corrected chi connectivity index (χ2v) is 9.92. The molecule has 1 aliphatic heterocycles. The lowest BCUT2D eigenvalue weighted by molar-refractivity contribution is -0.123. The molecule has 1 heterocycles. The van der Waals surface area contributed by atoms with Gasteiger partial charge in [-0.05, 0) is 42.5 Å². The van der Waals surface area contributed by atoms with Gasteiger partial charge in [-0.2, -0.15) is 0 Å². The molecule has 11 heteroatoms. The highest BCUT2D eigenvalue weighted by Crippen LogP contribution is 2.37. The van der Waals surface area contributed by atoms with E-state index < -0.39 is 45.3 Å². The average Bonchev–Trinajstić information content (AvgIpc) is 2.74. The van der Waals surface area contributed by atoms with E-state index in [4.69, 9.17) is 16.3 Å². The number of rotatable bonds is 6. The first kappa shape index (κ1) is 23.9. The lowest BCUT2D eigenvalue weighted by atomic mass is 10.0. The fourth-order valence-corrected chi connectivity index (χ4v) is 5.60. The van der Waals surface area contributed by atoms with Gasteiger partial charge in [0, 0.05) is 29.6 Å². The van der Waals surface area contributed by atoms with Crippen molar-refractivity contribution in [2.75, 3.05) is 26.2 Å². The van der Waals surface area contributed by atoms with Crippen LogP contribution in [0.5, 0.6) is 0 Å². The molecule has 2 atom stereocenters. The van der Waals surface area contributed by atoms with Crippen molar-refractivity contribution in [2.24, 2.45) is 5.92 Å². The lowest BCUT2D eigenvalue weighted by Gasteiger charge is -2.28. The van der Waals surface area contributed by atoms with Gasteiger partial charge in [-0.3, -0.25) is 9.69 Å². The second kappa shape index (κ2) is 9.83. The smallest absolute Gasteiger partial charge is 0.410 e. The van der Waals surface area contributed by atoms with Crippen molar-refractivity contribution in [3.8, 4) is 0 Å². The summed E-state index contributed by atoms with van der Waals surface area (Å²) in [4.78, 5) is 24.8. The Labute approximate surface area is 189 Å². The summed E-state index contributed by atoms with van der Waals surface area (Å²) in [6.07, 6.45) is -0.797. The van der Waals surface area contributed by atoms with Crippen LogP contribution in [0.3, 0.4) is 0 Å². The van der Waals surface area contributed by atoms with Crippen LogP contribution in [0.2, 0.25) is 5.02 Å². The number of amides is 2. The van der Waals surface area contributed by atoms with E-state index in [-0.39, 0.29) is 36.0 Å². The number of benzene rings is 2. The third-order valence-corrected chi connectivity index (χ3v) is 7.59. The largest absolute Gasteiger partial charge is 0.449 e. The minimum Gasteiger partial charge on any atom is -0.449 e. The van der Waals surface area contributed by atoms with Crippen LogP contribution in [-0.2, 0) is 19.4 Å². The van der Waals surface area contributed by atoms with Crippen LogP contribution < -0.4 is 5.32 Å². The van der Waals surface area contributed by atoms with Gasteiger partial charge in [0.05, 0.1) is 16.8 Å². The fraction of sp³-hybridized carbons (Fsp3) is 0.333. The van der Waals surface area contributed by atoms with Crippen molar-refractivity contribution in [1.82, 2.24) is 10.2 Å². The molecule has 2 amide bonds. The fourth-order valence-electron chi connectivity index (χ4n) is 3.46. The zero-order chi connectivity index (χ0) is 23.5. The van der Waals surface area contributed by atoms with Crippen molar-refractivity contribution >= 4 is 33.4 Å². The Hall–Kier alpha value is -2.72. The van der Waals surface area contributed by atoms with Gasteiger partial charge < -0.3 is 10.1 Å². The van der Waals surface area contributed by atoms with Gasteiger partial charge in [0.2, 0.25) is 5.91 Å². The van der Waals surface area contributed by atoms with E-state index in [9.17, 15) is 26.8 Å². The summed E-state index contributed by atoms with van der Waals surface area (Å²) in [7, 11) is -4.23. The molecule has 1 saturated heterocycles. The number of nitrogens with one attached hydrogen (secondary N) is 1. The standard InChI is InChI=1S/C21H21ClF2N2O5S/c1-13(12-31-21(28)26-9-8-25-19(27)11-26)20(17-10-15(23)4-7-18(17)24)32(29,30)16-5-2-14(22)3-6-16/h2-7,10,13,20H,8-9,11-12H2,1H3,(H,25,27)/t13-,20-/m0/s1. The van der Waals surface area contributed by atoms with Crippen LogP contribution in [0.25, 0.3) is 0 Å². The predicted molar refractivity (Wildman–Crippen MR) is 113 cm³/mol. The summed E-state index contributed by atoms with van der Waals surface area (Å²) in [5.74, 6) is -3.00. The van der Waals surface area contributed by atoms with Crippen molar-refractivity contribution in [2.45, 2.75) is 17.1 Å². The molecule has 0 aromatic heterocycles. The summed E-state index contributed by atoms with van der Waals surface area (Å²) in [6, 6.07) is 7.84. The topological polar surface area (TPSA) is 92.8 Å². The van der Waals surface area contributed by atoms with Gasteiger partial charge in [-0.25, -0.2) is 22.0 Å². The third kappa shape index (κ3) is 5.36. The number of halogens is 3. The molecule has 32 heavy (non-hydrogen) atoms. The van der Waals surface area contributed by atoms with Crippen molar-refractivity contribution in [1.29, 1.82) is 0 Å². The zero-order valence-electron chi connectivity index (χ0n) is 17.1. The highest BCUT2D eigenvalue weighted by Gasteiger charge is 2.37. The quantitative estimate of drug-likeness (QED) is 0.676. The first-order valence-corrected chi connectivity index (χ1v) is 11.6. The molecule has 1 fully saturated rings. The van der Waals surface area contributed by atoms with Crippen LogP contribution in [0.15, 0.2) is 47.4 Å². The van der Waals surface area contributed by atoms with Gasteiger partial charge in [0.1, 0.15) is 18.2 Å². The maximum absolute atomic E-state index is 14.6. The van der Waals surface area contributed by atoms with E-state index in [2.05, 4.69) is 5.32 Å². The van der Waals surface area contributed by atoms with Crippen LogP contribution in [0.1, 0.15) is 17.7 Å². The summed E-state index contributed by atoms with van der Waals surface area (Å²) < 4.78 is 60.5. The number of hydrogen-bond donors (Lipinski definition) is 1. The molecule has 0 bridgehead atoms. The van der Waals surface area contributed by atoms with Crippen LogP contribution in [0.4, 0.5) is 13.6 Å². The molecule has 172 valence electrons. The molecule has 1 N–H and O–H groups in total. The summed E-state index contributed by atoms with van der Waals surface area (Å²) >= 11 is 5.84. The van der Waals surface area contributed by atoms with Gasteiger partial charge >= 0.3 is 6.09 Å². The monoisotopic (exact) mass is 486 g/mol. The second-order valence-electron chi connectivity index (χ2n) is 7.41. The van der Waals surface area contributed by atoms with Crippen molar-refractivity contribution in [3.05, 3.63) is 64.7 Å². The minimum absolute atomic E-state index is 0.138. The Kier molecular flexibility index (Phi) is 7.35. The molecule has 0 saturated carbocycles. The Morgan fingerprint density at radius 1 is 1.22 bits per heavy atom. The molecular formula is C21H21ClF2N2O5S. The van der Waals surface area contributed by atoms with E-state index in [0.29, 0.717) is 5.02 Å². The molecule has 2 aromatic carbocycles. The predicted octanol–water partition coefficient (Wildman–Crippen LogP) is 3.34. The zero-order valence-corrected chi connectivity index (χ0v) is 18.6. The first-order valence-electron chi connectivity index (χ1n) is 9.72. The van der Waals surface area contributed by atoms with Crippen LogP contribution >= 0.6 is 11.6 Å². The van der Waals surface area contributed by atoms with Crippen molar-refractivity contribution in [3.63, 3.8) is 0 Å². The normalized spacial score (nSPS) is 16.2. The number of carbonyl (C=O) groups is 2. The maximum atomic E-state index is 14.6. The highest BCUT2D eigenvalue weighted by molar-refractivity contribution is 7.91. The number of ether oxygens (including phenoxy) is 1. The first-order chi connectivity index (χ1) is 15.1. The molecule has 1 aliphatic rings. The Balaban J connectivity index is 1.90. The molecule has 0 spiro atoms. The Bertz CT molecular complexity index is 1110. The van der Waals surface area contributed by atoms with Gasteiger partial charge in [0.25, 0.3) is 0 Å². The number of piperazine rings is 1. The van der Waals surface area contributed by atoms with E-state index >= 15 is 0 Å². The van der Waals surface area contributed by atoms with Gasteiger partial charge in [0.15, 0.2) is 9.84 Å². The summed E-state index contributed by atoms with van der Waals surface area (Å²) in [5, 5.41) is 1.34. The molecule has 3 rings (SSSR count). The third-order valence-electron chi connectivity index (χ3n) is 5.02. The van der Waals surface area contributed by atoms with E-state index in [1.165, 1.54) is 36.1 Å². The van der Waals surface area contributed by atoms with Crippen LogP contribution in [0, 0.1) is 17.6 Å². The molecule has 0 unspecified atom stereocenters. The van der Waals surface area contributed by atoms with Crippen LogP contribution in [-0.4, -0.2) is 51.6 Å².